The average molecular weight is 383 g/mol. The molecule has 1 aliphatic rings. The van der Waals surface area contributed by atoms with Gasteiger partial charge in [-0.2, -0.15) is 0 Å². The van der Waals surface area contributed by atoms with Gasteiger partial charge in [-0.15, -0.1) is 0 Å². The smallest absolute Gasteiger partial charge is 0.220 e. The molecule has 0 bridgehead atoms. The first-order chi connectivity index (χ1) is 13.7. The fourth-order valence-electron chi connectivity index (χ4n) is 3.72. The highest BCUT2D eigenvalue weighted by molar-refractivity contribution is 5.76. The van der Waals surface area contributed by atoms with Crippen molar-refractivity contribution in [3.63, 3.8) is 0 Å². The van der Waals surface area contributed by atoms with Crippen molar-refractivity contribution in [2.45, 2.75) is 32.1 Å². The molecular weight excluding hydrogens is 352 g/mol. The Kier molecular flexibility index (Phi) is 7.18. The number of hydrogen-bond donors (Lipinski definition) is 1. The second-order valence-electron chi connectivity index (χ2n) is 7.11. The second kappa shape index (κ2) is 10.0. The fraction of sp³-hybridized carbons (Fsp3) is 0.435. The molecule has 1 amide bonds. The molecule has 0 aromatic heterocycles. The topological polar surface area (TPSA) is 50.8 Å². The number of nitrogens with one attached hydrogen (secondary N) is 1. The molecule has 150 valence electrons. The van der Waals surface area contributed by atoms with Crippen LogP contribution in [0.1, 0.15) is 30.4 Å². The van der Waals surface area contributed by atoms with Crippen LogP contribution in [0, 0.1) is 0 Å². The zero-order chi connectivity index (χ0) is 19.8. The first-order valence-electron chi connectivity index (χ1n) is 10.0. The summed E-state index contributed by atoms with van der Waals surface area (Å²) in [5.74, 6) is 1.49. The quantitative estimate of drug-likeness (QED) is 0.674. The van der Waals surface area contributed by atoms with Gasteiger partial charge < -0.3 is 19.7 Å². The van der Waals surface area contributed by atoms with E-state index >= 15 is 0 Å². The minimum atomic E-state index is 0.0915. The predicted molar refractivity (Wildman–Crippen MR) is 112 cm³/mol. The predicted octanol–water partition coefficient (Wildman–Crippen LogP) is 3.60. The minimum Gasteiger partial charge on any atom is -0.493 e. The van der Waals surface area contributed by atoms with Gasteiger partial charge >= 0.3 is 0 Å². The maximum Gasteiger partial charge on any atom is 0.220 e. The van der Waals surface area contributed by atoms with E-state index in [1.165, 1.54) is 24.1 Å². The van der Waals surface area contributed by atoms with Gasteiger partial charge in [-0.1, -0.05) is 24.3 Å². The van der Waals surface area contributed by atoms with E-state index in [2.05, 4.69) is 34.5 Å². The van der Waals surface area contributed by atoms with Crippen molar-refractivity contribution in [2.24, 2.45) is 0 Å². The summed E-state index contributed by atoms with van der Waals surface area (Å²) in [6, 6.07) is 14.4. The molecule has 1 N–H and O–H groups in total. The van der Waals surface area contributed by atoms with Crippen LogP contribution in [-0.4, -0.2) is 39.8 Å². The summed E-state index contributed by atoms with van der Waals surface area (Å²) in [6.07, 6.45) is 4.48. The third-order valence-electron chi connectivity index (χ3n) is 5.22. The maximum atomic E-state index is 12.2. The number of para-hydroxylation sites is 1. The summed E-state index contributed by atoms with van der Waals surface area (Å²) >= 11 is 0. The van der Waals surface area contributed by atoms with E-state index in [1.54, 1.807) is 14.2 Å². The summed E-state index contributed by atoms with van der Waals surface area (Å²) in [4.78, 5) is 14.6. The van der Waals surface area contributed by atoms with Crippen LogP contribution in [0.15, 0.2) is 42.5 Å². The Bertz CT molecular complexity index is 791. The van der Waals surface area contributed by atoms with Crippen molar-refractivity contribution in [1.82, 2.24) is 5.32 Å². The number of fused-ring (bicyclic) bond motifs is 1. The third kappa shape index (κ3) is 5.18. The van der Waals surface area contributed by atoms with Crippen LogP contribution in [0.4, 0.5) is 5.69 Å². The van der Waals surface area contributed by atoms with Crippen molar-refractivity contribution >= 4 is 11.6 Å². The molecule has 0 fully saturated rings. The normalized spacial score (nSPS) is 13.0. The van der Waals surface area contributed by atoms with E-state index in [-0.39, 0.29) is 5.91 Å². The largest absolute Gasteiger partial charge is 0.493 e. The number of carbonyl (C=O) groups is 1. The molecule has 1 aliphatic heterocycles. The number of aryl methyl sites for hydroxylation is 2. The van der Waals surface area contributed by atoms with Crippen molar-refractivity contribution in [2.75, 3.05) is 38.8 Å². The van der Waals surface area contributed by atoms with Gasteiger partial charge in [0.2, 0.25) is 5.91 Å². The Morgan fingerprint density at radius 2 is 1.93 bits per heavy atom. The van der Waals surface area contributed by atoms with Gasteiger partial charge in [0.25, 0.3) is 0 Å². The minimum absolute atomic E-state index is 0.0915. The highest BCUT2D eigenvalue weighted by atomic mass is 16.5. The Hall–Kier alpha value is -2.69. The van der Waals surface area contributed by atoms with Crippen molar-refractivity contribution in [3.8, 4) is 11.5 Å². The molecule has 2 aromatic carbocycles. The lowest BCUT2D eigenvalue weighted by Crippen LogP contribution is -2.33. The van der Waals surface area contributed by atoms with Crippen molar-refractivity contribution in [3.05, 3.63) is 53.6 Å². The Morgan fingerprint density at radius 1 is 1.11 bits per heavy atom. The van der Waals surface area contributed by atoms with Crippen LogP contribution >= 0.6 is 0 Å². The van der Waals surface area contributed by atoms with Crippen molar-refractivity contribution in [1.29, 1.82) is 0 Å². The standard InChI is InChI=1S/C23H30N2O3/c1-27-21-12-10-18(17-22(21)28-2)11-13-23(26)24-14-6-16-25-15-5-8-19-7-3-4-9-20(19)25/h3-4,7,9-10,12,17H,5-6,8,11,13-16H2,1-2H3,(H,24,26). The highest BCUT2D eigenvalue weighted by Crippen LogP contribution is 2.28. The number of hydrogen-bond acceptors (Lipinski definition) is 4. The molecule has 5 nitrogen and oxygen atoms in total. The molecule has 0 spiro atoms. The van der Waals surface area contributed by atoms with Gasteiger partial charge in [0.05, 0.1) is 14.2 Å². The Morgan fingerprint density at radius 3 is 2.75 bits per heavy atom. The Balaban J connectivity index is 1.39. The molecule has 28 heavy (non-hydrogen) atoms. The molecule has 0 saturated carbocycles. The lowest BCUT2D eigenvalue weighted by Gasteiger charge is -2.31. The molecule has 0 aliphatic carbocycles. The van der Waals surface area contributed by atoms with E-state index in [9.17, 15) is 4.79 Å². The molecular formula is C23H30N2O3. The monoisotopic (exact) mass is 382 g/mol. The first-order valence-corrected chi connectivity index (χ1v) is 10.0. The highest BCUT2D eigenvalue weighted by Gasteiger charge is 2.15. The lowest BCUT2D eigenvalue weighted by molar-refractivity contribution is -0.121. The van der Waals surface area contributed by atoms with E-state index in [4.69, 9.17) is 9.47 Å². The number of methoxy groups -OCH3 is 2. The molecule has 5 heteroatoms. The number of carbonyl (C=O) groups excluding carboxylic acids is 1. The zero-order valence-corrected chi connectivity index (χ0v) is 16.9. The average Bonchev–Trinajstić information content (AvgIpc) is 2.75. The van der Waals surface area contributed by atoms with E-state index in [0.717, 1.165) is 25.1 Å². The fourth-order valence-corrected chi connectivity index (χ4v) is 3.72. The number of ether oxygens (including phenoxy) is 2. The third-order valence-corrected chi connectivity index (χ3v) is 5.22. The molecule has 3 rings (SSSR count). The summed E-state index contributed by atoms with van der Waals surface area (Å²) < 4.78 is 10.6. The van der Waals surface area contributed by atoms with Gasteiger partial charge in [-0.25, -0.2) is 0 Å². The summed E-state index contributed by atoms with van der Waals surface area (Å²) in [6.45, 7) is 2.79. The van der Waals surface area contributed by atoms with Gasteiger partial charge in [-0.3, -0.25) is 4.79 Å². The van der Waals surface area contributed by atoms with Crippen LogP contribution in [-0.2, 0) is 17.6 Å². The lowest BCUT2D eigenvalue weighted by atomic mass is 10.0. The summed E-state index contributed by atoms with van der Waals surface area (Å²) in [5.41, 5.74) is 3.86. The molecule has 0 radical (unpaired) electrons. The van der Waals surface area contributed by atoms with Crippen LogP contribution in [0.3, 0.4) is 0 Å². The van der Waals surface area contributed by atoms with Gasteiger partial charge in [0.1, 0.15) is 0 Å². The SMILES string of the molecule is COc1ccc(CCC(=O)NCCCN2CCCc3ccccc32)cc1OC. The number of nitrogens with zero attached hydrogens (tertiary/aromatic N) is 1. The maximum absolute atomic E-state index is 12.2. The zero-order valence-electron chi connectivity index (χ0n) is 16.9. The second-order valence-corrected chi connectivity index (χ2v) is 7.11. The van der Waals surface area contributed by atoms with E-state index in [0.29, 0.717) is 30.9 Å². The molecule has 0 atom stereocenters. The van der Waals surface area contributed by atoms with Crippen LogP contribution < -0.4 is 19.7 Å². The van der Waals surface area contributed by atoms with Crippen LogP contribution in [0.2, 0.25) is 0 Å². The molecule has 2 aromatic rings. The molecule has 0 saturated heterocycles. The number of anilines is 1. The van der Waals surface area contributed by atoms with E-state index < -0.39 is 0 Å². The van der Waals surface area contributed by atoms with Crippen LogP contribution in [0.5, 0.6) is 11.5 Å². The molecule has 0 unspecified atom stereocenters. The van der Waals surface area contributed by atoms with Gasteiger partial charge in [0.15, 0.2) is 11.5 Å². The van der Waals surface area contributed by atoms with Crippen molar-refractivity contribution < 1.29 is 14.3 Å². The number of rotatable bonds is 9. The van der Waals surface area contributed by atoms with Gasteiger partial charge in [0, 0.05) is 31.7 Å². The van der Waals surface area contributed by atoms with E-state index in [1.807, 2.05) is 18.2 Å². The number of amides is 1. The molecule has 1 heterocycles. The number of benzene rings is 2. The van der Waals surface area contributed by atoms with Gasteiger partial charge in [-0.05, 0) is 55.0 Å². The summed E-state index contributed by atoms with van der Waals surface area (Å²) in [5, 5.41) is 3.05. The van der Waals surface area contributed by atoms with Crippen LogP contribution in [0.25, 0.3) is 0 Å². The first kappa shape index (κ1) is 20.1. The Labute approximate surface area is 167 Å². The summed E-state index contributed by atoms with van der Waals surface area (Å²) in [7, 11) is 3.24.